The molecule has 0 saturated heterocycles. The highest BCUT2D eigenvalue weighted by Gasteiger charge is 2.11. The summed E-state index contributed by atoms with van der Waals surface area (Å²) in [5.41, 5.74) is 2.07. The minimum absolute atomic E-state index is 0.0717. The van der Waals surface area contributed by atoms with Gasteiger partial charge >= 0.3 is 0 Å². The quantitative estimate of drug-likeness (QED) is 0.789. The third-order valence-electron chi connectivity index (χ3n) is 3.08. The molecule has 0 saturated carbocycles. The Bertz CT molecular complexity index is 401. The van der Waals surface area contributed by atoms with Crippen molar-refractivity contribution >= 4 is 11.6 Å². The lowest BCUT2D eigenvalue weighted by Crippen LogP contribution is -2.22. The molecule has 0 spiro atoms. The molecule has 0 bridgehead atoms. The van der Waals surface area contributed by atoms with E-state index in [-0.39, 0.29) is 11.8 Å². The maximum atomic E-state index is 12.0. The largest absolute Gasteiger partial charge is 0.326 e. The third kappa shape index (κ3) is 5.88. The minimum atomic E-state index is 0.0717. The summed E-state index contributed by atoms with van der Waals surface area (Å²) in [5.74, 6) is 0.179. The molecule has 106 valence electrons. The molecule has 1 rings (SSSR count). The molecule has 0 aliphatic heterocycles. The van der Waals surface area contributed by atoms with E-state index in [1.54, 1.807) is 0 Å². The monoisotopic (exact) mass is 262 g/mol. The SMILES string of the molecule is CCCC(C)C(=O)Nc1cccc(CNC(C)C)c1. The van der Waals surface area contributed by atoms with Gasteiger partial charge in [0.25, 0.3) is 0 Å². The van der Waals surface area contributed by atoms with E-state index in [4.69, 9.17) is 0 Å². The summed E-state index contributed by atoms with van der Waals surface area (Å²) in [7, 11) is 0. The molecule has 1 unspecified atom stereocenters. The summed E-state index contributed by atoms with van der Waals surface area (Å²) >= 11 is 0. The molecule has 0 radical (unpaired) electrons. The van der Waals surface area contributed by atoms with Gasteiger partial charge in [-0.05, 0) is 24.1 Å². The van der Waals surface area contributed by atoms with E-state index in [9.17, 15) is 4.79 Å². The molecule has 0 heterocycles. The molecule has 2 N–H and O–H groups in total. The second-order valence-corrected chi connectivity index (χ2v) is 5.41. The third-order valence-corrected chi connectivity index (χ3v) is 3.08. The first-order valence-corrected chi connectivity index (χ1v) is 7.16. The Hall–Kier alpha value is -1.35. The molecule has 1 amide bonds. The van der Waals surface area contributed by atoms with Crippen LogP contribution >= 0.6 is 0 Å². The second kappa shape index (κ2) is 7.95. The Balaban J connectivity index is 2.59. The van der Waals surface area contributed by atoms with Crippen LogP contribution in [0.25, 0.3) is 0 Å². The number of benzene rings is 1. The Morgan fingerprint density at radius 2 is 2.00 bits per heavy atom. The average molecular weight is 262 g/mol. The first-order valence-electron chi connectivity index (χ1n) is 7.16. The van der Waals surface area contributed by atoms with Gasteiger partial charge in [-0.25, -0.2) is 0 Å². The van der Waals surface area contributed by atoms with Crippen LogP contribution in [0.5, 0.6) is 0 Å². The van der Waals surface area contributed by atoms with E-state index in [0.717, 1.165) is 25.1 Å². The number of amides is 1. The van der Waals surface area contributed by atoms with Crippen molar-refractivity contribution in [2.75, 3.05) is 5.32 Å². The summed E-state index contributed by atoms with van der Waals surface area (Å²) in [6.45, 7) is 9.15. The number of carbonyl (C=O) groups is 1. The first-order chi connectivity index (χ1) is 9.02. The fraction of sp³-hybridized carbons (Fsp3) is 0.562. The fourth-order valence-electron chi connectivity index (χ4n) is 1.91. The Morgan fingerprint density at radius 1 is 1.26 bits per heavy atom. The van der Waals surface area contributed by atoms with Crippen LogP contribution in [0.1, 0.15) is 46.1 Å². The highest BCUT2D eigenvalue weighted by Crippen LogP contribution is 2.14. The first kappa shape index (κ1) is 15.7. The van der Waals surface area contributed by atoms with Crippen molar-refractivity contribution in [2.45, 2.75) is 53.1 Å². The second-order valence-electron chi connectivity index (χ2n) is 5.41. The average Bonchev–Trinajstić information content (AvgIpc) is 2.37. The smallest absolute Gasteiger partial charge is 0.227 e. The molecule has 3 heteroatoms. The van der Waals surface area contributed by atoms with Crippen molar-refractivity contribution in [3.05, 3.63) is 29.8 Å². The number of hydrogen-bond acceptors (Lipinski definition) is 2. The van der Waals surface area contributed by atoms with Crippen molar-refractivity contribution in [2.24, 2.45) is 5.92 Å². The van der Waals surface area contributed by atoms with Gasteiger partial charge in [0.2, 0.25) is 5.91 Å². The van der Waals surface area contributed by atoms with Crippen LogP contribution in [0.4, 0.5) is 5.69 Å². The van der Waals surface area contributed by atoms with Crippen molar-refractivity contribution < 1.29 is 4.79 Å². The van der Waals surface area contributed by atoms with Gasteiger partial charge in [-0.1, -0.05) is 46.2 Å². The van der Waals surface area contributed by atoms with Crippen LogP contribution in [0.2, 0.25) is 0 Å². The maximum Gasteiger partial charge on any atom is 0.227 e. The zero-order chi connectivity index (χ0) is 14.3. The molecule has 0 aliphatic carbocycles. The topological polar surface area (TPSA) is 41.1 Å². The lowest BCUT2D eigenvalue weighted by molar-refractivity contribution is -0.119. The van der Waals surface area contributed by atoms with Crippen LogP contribution in [0.3, 0.4) is 0 Å². The number of nitrogens with one attached hydrogen (secondary N) is 2. The lowest BCUT2D eigenvalue weighted by Gasteiger charge is -2.13. The lowest BCUT2D eigenvalue weighted by atomic mass is 10.1. The molecule has 19 heavy (non-hydrogen) atoms. The predicted molar refractivity (Wildman–Crippen MR) is 81.1 cm³/mol. The number of anilines is 1. The van der Waals surface area contributed by atoms with Gasteiger partial charge in [0.1, 0.15) is 0 Å². The minimum Gasteiger partial charge on any atom is -0.326 e. The number of hydrogen-bond donors (Lipinski definition) is 2. The summed E-state index contributed by atoms with van der Waals surface area (Å²) in [4.78, 5) is 12.0. The number of rotatable bonds is 7. The molecule has 0 aliphatic rings. The van der Waals surface area contributed by atoms with Crippen molar-refractivity contribution in [3.8, 4) is 0 Å². The molecular weight excluding hydrogens is 236 g/mol. The molecule has 3 nitrogen and oxygen atoms in total. The molecule has 0 aromatic heterocycles. The zero-order valence-corrected chi connectivity index (χ0v) is 12.5. The van der Waals surface area contributed by atoms with Crippen molar-refractivity contribution in [1.82, 2.24) is 5.32 Å². The predicted octanol–water partition coefficient (Wildman–Crippen LogP) is 3.56. The molecular formula is C16H26N2O. The zero-order valence-electron chi connectivity index (χ0n) is 12.5. The molecule has 1 aromatic rings. The summed E-state index contributed by atoms with van der Waals surface area (Å²) < 4.78 is 0. The van der Waals surface area contributed by atoms with Gasteiger partial charge in [-0.15, -0.1) is 0 Å². The maximum absolute atomic E-state index is 12.0. The normalized spacial score (nSPS) is 12.5. The highest BCUT2D eigenvalue weighted by molar-refractivity contribution is 5.92. The van der Waals surface area contributed by atoms with E-state index < -0.39 is 0 Å². The van der Waals surface area contributed by atoms with E-state index in [2.05, 4.69) is 37.5 Å². The standard InChI is InChI=1S/C16H26N2O/c1-5-7-13(4)16(19)18-15-9-6-8-14(10-15)11-17-12(2)3/h6,8-10,12-13,17H,5,7,11H2,1-4H3,(H,18,19). The van der Waals surface area contributed by atoms with E-state index in [1.807, 2.05) is 25.1 Å². The van der Waals surface area contributed by atoms with Gasteiger partial charge < -0.3 is 10.6 Å². The number of carbonyl (C=O) groups excluding carboxylic acids is 1. The molecule has 0 fully saturated rings. The van der Waals surface area contributed by atoms with E-state index in [1.165, 1.54) is 5.56 Å². The fourth-order valence-corrected chi connectivity index (χ4v) is 1.91. The van der Waals surface area contributed by atoms with E-state index >= 15 is 0 Å². The molecule has 1 atom stereocenters. The summed E-state index contributed by atoms with van der Waals surface area (Å²) in [6, 6.07) is 8.49. The van der Waals surface area contributed by atoms with Crippen LogP contribution in [0.15, 0.2) is 24.3 Å². The van der Waals surface area contributed by atoms with Crippen LogP contribution in [-0.4, -0.2) is 11.9 Å². The van der Waals surface area contributed by atoms with Crippen LogP contribution in [0, 0.1) is 5.92 Å². The van der Waals surface area contributed by atoms with E-state index in [0.29, 0.717) is 6.04 Å². The van der Waals surface area contributed by atoms with Crippen LogP contribution < -0.4 is 10.6 Å². The van der Waals surface area contributed by atoms with Crippen molar-refractivity contribution in [3.63, 3.8) is 0 Å². The summed E-state index contributed by atoms with van der Waals surface area (Å²) in [5, 5.41) is 6.36. The Kier molecular flexibility index (Phi) is 6.57. The van der Waals surface area contributed by atoms with Gasteiger partial charge in [0.15, 0.2) is 0 Å². The summed E-state index contributed by atoms with van der Waals surface area (Å²) in [6.07, 6.45) is 1.97. The van der Waals surface area contributed by atoms with Gasteiger partial charge in [-0.2, -0.15) is 0 Å². The highest BCUT2D eigenvalue weighted by atomic mass is 16.1. The Labute approximate surface area is 116 Å². The Morgan fingerprint density at radius 3 is 2.63 bits per heavy atom. The van der Waals surface area contributed by atoms with Gasteiger partial charge in [0, 0.05) is 24.2 Å². The van der Waals surface area contributed by atoms with Gasteiger partial charge in [0.05, 0.1) is 0 Å². The van der Waals surface area contributed by atoms with Gasteiger partial charge in [-0.3, -0.25) is 4.79 Å². The molecule has 1 aromatic carbocycles. The van der Waals surface area contributed by atoms with Crippen LogP contribution in [-0.2, 0) is 11.3 Å². The van der Waals surface area contributed by atoms with Crippen molar-refractivity contribution in [1.29, 1.82) is 0 Å².